The predicted octanol–water partition coefficient (Wildman–Crippen LogP) is 5.88. The number of hydrogen-bond donors (Lipinski definition) is 0. The molecule has 0 spiro atoms. The van der Waals surface area contributed by atoms with Crippen LogP contribution in [-0.2, 0) is 0 Å². The van der Waals surface area contributed by atoms with Gasteiger partial charge in [0.15, 0.2) is 11.5 Å². The van der Waals surface area contributed by atoms with Gasteiger partial charge in [-0.3, -0.25) is 0 Å². The molecule has 0 fully saturated rings. The Morgan fingerprint density at radius 2 is 1.50 bits per heavy atom. The first kappa shape index (κ1) is 20.6. The molecule has 0 saturated carbocycles. The number of nitrogens with zero attached hydrogens (tertiary/aromatic N) is 6. The van der Waals surface area contributed by atoms with Crippen LogP contribution in [0.15, 0.2) is 91.3 Å². The maximum atomic E-state index is 6.49. The van der Waals surface area contributed by atoms with Gasteiger partial charge in [-0.15, -0.1) is 5.10 Å². The molecule has 7 heteroatoms. The van der Waals surface area contributed by atoms with Crippen molar-refractivity contribution in [2.75, 3.05) is 0 Å². The van der Waals surface area contributed by atoms with Crippen LogP contribution in [-0.4, -0.2) is 29.4 Å². The van der Waals surface area contributed by atoms with Gasteiger partial charge in [-0.2, -0.15) is 5.10 Å². The number of rotatable bonds is 3. The lowest BCUT2D eigenvalue weighted by molar-refractivity contribution is 0.402. The molecule has 0 radical (unpaired) electrons. The van der Waals surface area contributed by atoms with Gasteiger partial charge in [0.05, 0.1) is 28.4 Å². The maximum Gasteiger partial charge on any atom is 0.230 e. The Balaban J connectivity index is 1.50. The average Bonchev–Trinajstić information content (AvgIpc) is 3.50. The van der Waals surface area contributed by atoms with E-state index in [1.807, 2.05) is 66.2 Å². The molecule has 6 aromatic rings. The summed E-state index contributed by atoms with van der Waals surface area (Å²) in [5.74, 6) is 1.70. The third-order valence-electron chi connectivity index (χ3n) is 6.74. The van der Waals surface area contributed by atoms with E-state index < -0.39 is 0 Å². The average molecular weight is 471 g/mol. The Morgan fingerprint density at radius 1 is 0.778 bits per heavy atom. The number of aromatic nitrogens is 6. The summed E-state index contributed by atoms with van der Waals surface area (Å²) < 4.78 is 10.1. The second-order valence-electron chi connectivity index (χ2n) is 8.98. The fraction of sp³-hybridized carbons (Fsp3) is 0.103. The lowest BCUT2D eigenvalue weighted by Crippen LogP contribution is -2.16. The van der Waals surface area contributed by atoms with Crippen molar-refractivity contribution in [2.24, 2.45) is 0 Å². The van der Waals surface area contributed by atoms with Crippen LogP contribution in [0.3, 0.4) is 0 Å². The van der Waals surface area contributed by atoms with E-state index in [0.29, 0.717) is 17.6 Å². The number of ether oxygens (including phenoxy) is 1. The van der Waals surface area contributed by atoms with Crippen molar-refractivity contribution in [3.63, 3.8) is 0 Å². The highest BCUT2D eigenvalue weighted by atomic mass is 16.5. The smallest absolute Gasteiger partial charge is 0.230 e. The zero-order valence-corrected chi connectivity index (χ0v) is 19.8. The molecule has 4 heterocycles. The Labute approximate surface area is 207 Å². The van der Waals surface area contributed by atoms with Gasteiger partial charge in [0.1, 0.15) is 6.33 Å². The van der Waals surface area contributed by atoms with E-state index in [2.05, 4.69) is 37.3 Å². The molecule has 0 amide bonds. The molecule has 1 aliphatic rings. The minimum Gasteiger partial charge on any atom is -0.420 e. The van der Waals surface area contributed by atoms with Gasteiger partial charge in [0, 0.05) is 5.56 Å². The fourth-order valence-electron chi connectivity index (χ4n) is 5.04. The molecule has 0 bridgehead atoms. The number of para-hydroxylation sites is 1. The first-order chi connectivity index (χ1) is 17.7. The molecule has 36 heavy (non-hydrogen) atoms. The van der Waals surface area contributed by atoms with Crippen molar-refractivity contribution in [1.29, 1.82) is 0 Å². The lowest BCUT2D eigenvalue weighted by atomic mass is 9.84. The molecule has 1 atom stereocenters. The van der Waals surface area contributed by atoms with E-state index in [0.717, 1.165) is 44.8 Å². The van der Waals surface area contributed by atoms with E-state index in [1.165, 1.54) is 0 Å². The van der Waals surface area contributed by atoms with Gasteiger partial charge in [0.2, 0.25) is 11.8 Å². The summed E-state index contributed by atoms with van der Waals surface area (Å²) in [5.41, 5.74) is 7.69. The van der Waals surface area contributed by atoms with Crippen molar-refractivity contribution in [1.82, 2.24) is 29.4 Å². The summed E-state index contributed by atoms with van der Waals surface area (Å²) >= 11 is 0. The Morgan fingerprint density at radius 3 is 2.28 bits per heavy atom. The molecular weight excluding hydrogens is 448 g/mol. The van der Waals surface area contributed by atoms with Crippen LogP contribution in [0.25, 0.3) is 22.7 Å². The Bertz CT molecular complexity index is 1740. The van der Waals surface area contributed by atoms with Crippen LogP contribution in [0.5, 0.6) is 11.8 Å². The molecule has 7 nitrogen and oxygen atoms in total. The summed E-state index contributed by atoms with van der Waals surface area (Å²) in [6.07, 6.45) is 1.67. The molecule has 7 rings (SSSR count). The van der Waals surface area contributed by atoms with E-state index in [4.69, 9.17) is 24.9 Å². The van der Waals surface area contributed by atoms with Gasteiger partial charge in [-0.1, -0.05) is 72.8 Å². The number of hydrogen-bond acceptors (Lipinski definition) is 5. The van der Waals surface area contributed by atoms with E-state index in [1.54, 1.807) is 10.8 Å². The normalized spacial score (nSPS) is 14.3. The highest BCUT2D eigenvalue weighted by molar-refractivity contribution is 5.69. The fourth-order valence-corrected chi connectivity index (χ4v) is 5.04. The lowest BCUT2D eigenvalue weighted by Gasteiger charge is -2.26. The Kier molecular flexibility index (Phi) is 4.51. The standard InChI is InChI=1S/C29H22N6O/c1-18-11-9-10-16-22(18)26-31-27-25-24(20-12-5-3-6-13-20)23-19(2)32-35(21-14-7-4-8-15-21)29(23)36-28(25)30-17-34(27)33-26/h3-17,24H,1-2H3/t24-/m0/s1. The second-order valence-corrected chi connectivity index (χ2v) is 8.98. The number of fused-ring (bicyclic) bond motifs is 4. The quantitative estimate of drug-likeness (QED) is 0.323. The molecular formula is C29H22N6O. The highest BCUT2D eigenvalue weighted by Gasteiger charge is 2.38. The molecule has 0 N–H and O–H groups in total. The van der Waals surface area contributed by atoms with Gasteiger partial charge < -0.3 is 4.74 Å². The summed E-state index contributed by atoms with van der Waals surface area (Å²) in [7, 11) is 0. The van der Waals surface area contributed by atoms with Crippen molar-refractivity contribution in [3.8, 4) is 28.8 Å². The third-order valence-corrected chi connectivity index (χ3v) is 6.74. The molecule has 3 aromatic heterocycles. The third kappa shape index (κ3) is 3.06. The van der Waals surface area contributed by atoms with Crippen LogP contribution in [0.2, 0.25) is 0 Å². The number of aryl methyl sites for hydroxylation is 2. The summed E-state index contributed by atoms with van der Waals surface area (Å²) in [5, 5.41) is 9.66. The first-order valence-electron chi connectivity index (χ1n) is 11.9. The monoisotopic (exact) mass is 470 g/mol. The van der Waals surface area contributed by atoms with Crippen molar-refractivity contribution in [3.05, 3.63) is 119 Å². The van der Waals surface area contributed by atoms with Gasteiger partial charge in [0.25, 0.3) is 0 Å². The van der Waals surface area contributed by atoms with Crippen LogP contribution < -0.4 is 4.74 Å². The van der Waals surface area contributed by atoms with Crippen LogP contribution in [0.1, 0.15) is 33.9 Å². The van der Waals surface area contributed by atoms with Crippen molar-refractivity contribution >= 4 is 5.65 Å². The van der Waals surface area contributed by atoms with Crippen molar-refractivity contribution < 1.29 is 4.74 Å². The topological polar surface area (TPSA) is 70.1 Å². The predicted molar refractivity (Wildman–Crippen MR) is 137 cm³/mol. The minimum absolute atomic E-state index is 0.160. The molecule has 0 unspecified atom stereocenters. The molecule has 3 aromatic carbocycles. The van der Waals surface area contributed by atoms with Gasteiger partial charge in [-0.05, 0) is 37.1 Å². The second kappa shape index (κ2) is 7.88. The van der Waals surface area contributed by atoms with Gasteiger partial charge in [-0.25, -0.2) is 19.2 Å². The van der Waals surface area contributed by atoms with Crippen molar-refractivity contribution in [2.45, 2.75) is 19.8 Å². The van der Waals surface area contributed by atoms with Gasteiger partial charge >= 0.3 is 0 Å². The SMILES string of the molecule is Cc1ccccc1-c1nc2c3c(ncn2n1)Oc1c(c(C)nn1-c1ccccc1)[C@@H]3c1ccccc1. The maximum absolute atomic E-state index is 6.49. The molecule has 174 valence electrons. The molecule has 0 aliphatic carbocycles. The largest absolute Gasteiger partial charge is 0.420 e. The van der Waals surface area contributed by atoms with E-state index >= 15 is 0 Å². The Hall–Kier alpha value is -4.78. The molecule has 0 saturated heterocycles. The summed E-state index contributed by atoms with van der Waals surface area (Å²) in [6, 6.07) is 28.5. The summed E-state index contributed by atoms with van der Waals surface area (Å²) in [6.45, 7) is 4.09. The zero-order valence-electron chi connectivity index (χ0n) is 19.8. The minimum atomic E-state index is -0.160. The first-order valence-corrected chi connectivity index (χ1v) is 11.9. The van der Waals surface area contributed by atoms with Crippen LogP contribution in [0, 0.1) is 13.8 Å². The summed E-state index contributed by atoms with van der Waals surface area (Å²) in [4.78, 5) is 9.70. The van der Waals surface area contributed by atoms with Crippen LogP contribution in [0.4, 0.5) is 0 Å². The van der Waals surface area contributed by atoms with E-state index in [-0.39, 0.29) is 5.92 Å². The van der Waals surface area contributed by atoms with Crippen LogP contribution >= 0.6 is 0 Å². The van der Waals surface area contributed by atoms with E-state index in [9.17, 15) is 0 Å². The highest BCUT2D eigenvalue weighted by Crippen LogP contribution is 2.49. The zero-order chi connectivity index (χ0) is 24.2. The molecule has 1 aliphatic heterocycles. The number of benzene rings is 3.